The zero-order valence-electron chi connectivity index (χ0n) is 16.7. The number of carbonyl (C=O) groups excluding carboxylic acids is 1. The van der Waals surface area contributed by atoms with Gasteiger partial charge in [-0.3, -0.25) is 4.79 Å². The second-order valence-corrected chi connectivity index (χ2v) is 8.71. The quantitative estimate of drug-likeness (QED) is 0.637. The van der Waals surface area contributed by atoms with E-state index in [4.69, 9.17) is 23.2 Å². The molecule has 3 heterocycles. The highest BCUT2D eigenvalue weighted by atomic mass is 35.5. The van der Waals surface area contributed by atoms with E-state index >= 15 is 0 Å². The molecule has 0 fully saturated rings. The number of amides is 1. The molecule has 1 N–H and O–H groups in total. The van der Waals surface area contributed by atoms with Crippen LogP contribution >= 0.6 is 23.2 Å². The molecule has 0 bridgehead atoms. The SMILES string of the molecule is C[C@H]1c2cccc(C(C)(O)CF)c2CCN1C(=O)Cc1c(Cl)ccn2ncc(Cl)c12. The Labute approximate surface area is 184 Å². The number of alkyl halides is 1. The second-order valence-electron chi connectivity index (χ2n) is 7.90. The summed E-state index contributed by atoms with van der Waals surface area (Å²) in [6, 6.07) is 6.96. The minimum Gasteiger partial charge on any atom is -0.383 e. The molecule has 5 nitrogen and oxygen atoms in total. The lowest BCUT2D eigenvalue weighted by Crippen LogP contribution is -2.41. The third-order valence-electron chi connectivity index (χ3n) is 5.91. The van der Waals surface area contributed by atoms with Gasteiger partial charge >= 0.3 is 0 Å². The first-order valence-corrected chi connectivity index (χ1v) is 10.5. The summed E-state index contributed by atoms with van der Waals surface area (Å²) < 4.78 is 15.0. The molecule has 1 unspecified atom stereocenters. The van der Waals surface area contributed by atoms with E-state index in [-0.39, 0.29) is 18.4 Å². The van der Waals surface area contributed by atoms with Crippen LogP contribution in [-0.4, -0.2) is 38.7 Å². The molecule has 0 saturated heterocycles. The standard InChI is InChI=1S/C22H22Cl2FN3O2/c1-13-14-4-3-5-17(22(2,30)12-25)15(14)6-8-27(13)20(29)10-16-18(23)7-9-28-21(16)19(24)11-26-28/h3-5,7,9,11,13,30H,6,8,10,12H2,1-2H3/t13-,22?/m0/s1. The first-order chi connectivity index (χ1) is 14.2. The average Bonchev–Trinajstić information content (AvgIpc) is 3.11. The largest absolute Gasteiger partial charge is 0.383 e. The van der Waals surface area contributed by atoms with Crippen molar-refractivity contribution < 1.29 is 14.3 Å². The van der Waals surface area contributed by atoms with Gasteiger partial charge in [0.1, 0.15) is 12.3 Å². The summed E-state index contributed by atoms with van der Waals surface area (Å²) in [5, 5.41) is 15.5. The van der Waals surface area contributed by atoms with Crippen LogP contribution < -0.4 is 0 Å². The van der Waals surface area contributed by atoms with E-state index < -0.39 is 12.3 Å². The van der Waals surface area contributed by atoms with Crippen molar-refractivity contribution in [1.29, 1.82) is 0 Å². The molecule has 8 heteroatoms. The molecule has 0 aliphatic carbocycles. The first kappa shape index (κ1) is 21.1. The Morgan fingerprint density at radius 3 is 2.83 bits per heavy atom. The lowest BCUT2D eigenvalue weighted by atomic mass is 9.83. The highest BCUT2D eigenvalue weighted by Gasteiger charge is 2.34. The number of fused-ring (bicyclic) bond motifs is 2. The normalized spacial score (nSPS) is 18.3. The maximum absolute atomic E-state index is 13.4. The summed E-state index contributed by atoms with van der Waals surface area (Å²) in [5.74, 6) is -0.0805. The zero-order valence-corrected chi connectivity index (χ0v) is 18.2. The van der Waals surface area contributed by atoms with Crippen LogP contribution in [-0.2, 0) is 23.2 Å². The number of pyridine rings is 1. The van der Waals surface area contributed by atoms with Crippen LogP contribution in [0, 0.1) is 0 Å². The van der Waals surface area contributed by atoms with Gasteiger partial charge in [0, 0.05) is 23.3 Å². The fourth-order valence-electron chi connectivity index (χ4n) is 4.29. The molecule has 0 spiro atoms. The first-order valence-electron chi connectivity index (χ1n) is 9.75. The topological polar surface area (TPSA) is 57.8 Å². The van der Waals surface area contributed by atoms with E-state index in [1.54, 1.807) is 33.8 Å². The molecule has 2 atom stereocenters. The van der Waals surface area contributed by atoms with E-state index in [0.29, 0.717) is 39.7 Å². The van der Waals surface area contributed by atoms with Crippen molar-refractivity contribution in [2.24, 2.45) is 0 Å². The fraction of sp³-hybridized carbons (Fsp3) is 0.364. The lowest BCUT2D eigenvalue weighted by Gasteiger charge is -2.38. The van der Waals surface area contributed by atoms with Crippen molar-refractivity contribution in [3.8, 4) is 0 Å². The summed E-state index contributed by atoms with van der Waals surface area (Å²) in [6.07, 6.45) is 3.87. The number of aromatic nitrogens is 2. The molecule has 4 rings (SSSR count). The molecule has 0 radical (unpaired) electrons. The molecular weight excluding hydrogens is 428 g/mol. The Balaban J connectivity index is 1.65. The van der Waals surface area contributed by atoms with Gasteiger partial charge in [-0.05, 0) is 43.0 Å². The van der Waals surface area contributed by atoms with E-state index in [2.05, 4.69) is 5.10 Å². The highest BCUT2D eigenvalue weighted by Crippen LogP contribution is 2.36. The van der Waals surface area contributed by atoms with Crippen molar-refractivity contribution in [3.05, 3.63) is 69.0 Å². The van der Waals surface area contributed by atoms with Crippen LogP contribution in [0.25, 0.3) is 5.52 Å². The summed E-state index contributed by atoms with van der Waals surface area (Å²) in [7, 11) is 0. The van der Waals surface area contributed by atoms with Crippen LogP contribution in [0.4, 0.5) is 4.39 Å². The molecule has 1 amide bonds. The number of nitrogens with zero attached hydrogens (tertiary/aromatic N) is 3. The number of hydrogen-bond donors (Lipinski definition) is 1. The third kappa shape index (κ3) is 3.47. The van der Waals surface area contributed by atoms with Gasteiger partial charge in [-0.25, -0.2) is 8.91 Å². The monoisotopic (exact) mass is 449 g/mol. The predicted molar refractivity (Wildman–Crippen MR) is 115 cm³/mol. The van der Waals surface area contributed by atoms with Crippen LogP contribution in [0.2, 0.25) is 10.0 Å². The summed E-state index contributed by atoms with van der Waals surface area (Å²) in [4.78, 5) is 15.0. The van der Waals surface area contributed by atoms with Crippen LogP contribution in [0.1, 0.15) is 42.1 Å². The van der Waals surface area contributed by atoms with Crippen LogP contribution in [0.3, 0.4) is 0 Å². The number of benzene rings is 1. The van der Waals surface area contributed by atoms with Crippen molar-refractivity contribution in [1.82, 2.24) is 14.5 Å². The van der Waals surface area contributed by atoms with Crippen molar-refractivity contribution >= 4 is 34.6 Å². The van der Waals surface area contributed by atoms with E-state index in [9.17, 15) is 14.3 Å². The number of halogens is 3. The molecular formula is C22H22Cl2FN3O2. The van der Waals surface area contributed by atoms with Gasteiger partial charge in [0.15, 0.2) is 0 Å². The minimum atomic E-state index is -1.54. The van der Waals surface area contributed by atoms with Crippen LogP contribution in [0.5, 0.6) is 0 Å². The zero-order chi connectivity index (χ0) is 21.6. The second kappa shape index (κ2) is 7.84. The van der Waals surface area contributed by atoms with Crippen LogP contribution in [0.15, 0.2) is 36.7 Å². The van der Waals surface area contributed by atoms with Gasteiger partial charge < -0.3 is 10.0 Å². The smallest absolute Gasteiger partial charge is 0.227 e. The van der Waals surface area contributed by atoms with Gasteiger partial charge in [0.05, 0.1) is 29.2 Å². The molecule has 1 aliphatic rings. The summed E-state index contributed by atoms with van der Waals surface area (Å²) in [5.41, 5.74) is 2.14. The number of hydrogen-bond acceptors (Lipinski definition) is 3. The molecule has 0 saturated carbocycles. The average molecular weight is 450 g/mol. The maximum Gasteiger partial charge on any atom is 0.227 e. The molecule has 30 heavy (non-hydrogen) atoms. The van der Waals surface area contributed by atoms with E-state index in [1.165, 1.54) is 13.1 Å². The van der Waals surface area contributed by atoms with E-state index in [0.717, 1.165) is 11.1 Å². The summed E-state index contributed by atoms with van der Waals surface area (Å²) >= 11 is 12.7. The Bertz CT molecular complexity index is 1130. The summed E-state index contributed by atoms with van der Waals surface area (Å²) in [6.45, 7) is 3.02. The van der Waals surface area contributed by atoms with Gasteiger partial charge in [0.2, 0.25) is 5.91 Å². The molecule has 158 valence electrons. The van der Waals surface area contributed by atoms with Gasteiger partial charge in [-0.2, -0.15) is 5.10 Å². The van der Waals surface area contributed by atoms with Gasteiger partial charge in [-0.15, -0.1) is 0 Å². The lowest BCUT2D eigenvalue weighted by molar-refractivity contribution is -0.133. The Morgan fingerprint density at radius 2 is 2.10 bits per heavy atom. The molecule has 3 aromatic rings. The number of rotatable bonds is 4. The molecule has 1 aliphatic heterocycles. The maximum atomic E-state index is 13.4. The van der Waals surface area contributed by atoms with Crippen molar-refractivity contribution in [2.45, 2.75) is 38.3 Å². The predicted octanol–water partition coefficient (Wildman–Crippen LogP) is 4.51. The third-order valence-corrected chi connectivity index (χ3v) is 6.54. The molecule has 1 aromatic carbocycles. The van der Waals surface area contributed by atoms with Gasteiger partial charge in [0.25, 0.3) is 0 Å². The highest BCUT2D eigenvalue weighted by molar-refractivity contribution is 6.36. The number of aliphatic hydroxyl groups is 1. The molecule has 2 aromatic heterocycles. The minimum absolute atomic E-state index is 0.0805. The fourth-order valence-corrected chi connectivity index (χ4v) is 4.75. The van der Waals surface area contributed by atoms with Gasteiger partial charge in [-0.1, -0.05) is 41.4 Å². The Kier molecular flexibility index (Phi) is 5.51. The van der Waals surface area contributed by atoms with Crippen molar-refractivity contribution in [2.75, 3.05) is 13.2 Å². The Hall–Kier alpha value is -2.15. The van der Waals surface area contributed by atoms with E-state index in [1.807, 2.05) is 13.0 Å². The van der Waals surface area contributed by atoms with Crippen molar-refractivity contribution in [3.63, 3.8) is 0 Å². The number of carbonyl (C=O) groups is 1. The Morgan fingerprint density at radius 1 is 1.33 bits per heavy atom.